The van der Waals surface area contributed by atoms with Crippen LogP contribution in [0.2, 0.25) is 0 Å². The maximum atomic E-state index is 12.0. The van der Waals surface area contributed by atoms with Gasteiger partial charge in [0.25, 0.3) is 5.56 Å². The molecule has 5 nitrogen and oxygen atoms in total. The number of nitrogens with one attached hydrogen (secondary N) is 1. The van der Waals surface area contributed by atoms with E-state index < -0.39 is 0 Å². The van der Waals surface area contributed by atoms with E-state index in [1.165, 1.54) is 4.68 Å². The van der Waals surface area contributed by atoms with Crippen molar-refractivity contribution >= 4 is 21.6 Å². The van der Waals surface area contributed by atoms with Crippen molar-refractivity contribution < 1.29 is 4.74 Å². The standard InChI is InChI=1S/C13H20BrN3O2/c1-9(2)8-19-6-5-15-11-7-16-17(10(3)4)13(18)12(11)14/h7,10,15H,1,5-6,8H2,2-4H3. The Balaban J connectivity index is 2.58. The highest BCUT2D eigenvalue weighted by Gasteiger charge is 2.10. The smallest absolute Gasteiger partial charge is 0.283 e. The zero-order valence-electron chi connectivity index (χ0n) is 11.6. The highest BCUT2D eigenvalue weighted by molar-refractivity contribution is 9.10. The lowest BCUT2D eigenvalue weighted by Gasteiger charge is -2.12. The van der Waals surface area contributed by atoms with Crippen molar-refractivity contribution in [2.75, 3.05) is 25.1 Å². The fourth-order valence-corrected chi connectivity index (χ4v) is 1.86. The Hall–Kier alpha value is -1.14. The third kappa shape index (κ3) is 4.80. The topological polar surface area (TPSA) is 56.1 Å². The molecule has 0 bridgehead atoms. The van der Waals surface area contributed by atoms with Crippen molar-refractivity contribution in [2.45, 2.75) is 26.8 Å². The molecule has 1 rings (SSSR count). The average Bonchev–Trinajstić information content (AvgIpc) is 2.33. The minimum absolute atomic E-state index is 0.0387. The summed E-state index contributed by atoms with van der Waals surface area (Å²) in [5.74, 6) is 0. The molecular formula is C13H20BrN3O2. The molecule has 0 aliphatic heterocycles. The van der Waals surface area contributed by atoms with Crippen molar-refractivity contribution in [2.24, 2.45) is 0 Å². The molecule has 0 fully saturated rings. The predicted molar refractivity (Wildman–Crippen MR) is 80.7 cm³/mol. The summed E-state index contributed by atoms with van der Waals surface area (Å²) in [4.78, 5) is 12.0. The van der Waals surface area contributed by atoms with E-state index in [9.17, 15) is 4.79 Å². The Morgan fingerprint density at radius 3 is 2.89 bits per heavy atom. The van der Waals surface area contributed by atoms with Gasteiger partial charge in [0.05, 0.1) is 31.1 Å². The molecule has 6 heteroatoms. The van der Waals surface area contributed by atoms with Gasteiger partial charge >= 0.3 is 0 Å². The zero-order valence-corrected chi connectivity index (χ0v) is 13.2. The van der Waals surface area contributed by atoms with Gasteiger partial charge in [0.2, 0.25) is 0 Å². The third-order valence-electron chi connectivity index (χ3n) is 2.34. The van der Waals surface area contributed by atoms with Gasteiger partial charge in [-0.3, -0.25) is 4.79 Å². The van der Waals surface area contributed by atoms with Crippen LogP contribution in [0.4, 0.5) is 5.69 Å². The van der Waals surface area contributed by atoms with Crippen molar-refractivity contribution in [3.8, 4) is 0 Å². The van der Waals surface area contributed by atoms with Gasteiger partial charge < -0.3 is 10.1 Å². The van der Waals surface area contributed by atoms with E-state index in [1.54, 1.807) is 6.20 Å². The Labute approximate surface area is 121 Å². The first-order valence-electron chi connectivity index (χ1n) is 6.16. The van der Waals surface area contributed by atoms with Crippen LogP contribution in [-0.4, -0.2) is 29.5 Å². The number of hydrogen-bond donors (Lipinski definition) is 1. The van der Waals surface area contributed by atoms with Crippen LogP contribution in [0.15, 0.2) is 27.6 Å². The number of nitrogens with zero attached hydrogens (tertiary/aromatic N) is 2. The summed E-state index contributed by atoms with van der Waals surface area (Å²) in [5.41, 5.74) is 1.53. The lowest BCUT2D eigenvalue weighted by molar-refractivity contribution is 0.167. The van der Waals surface area contributed by atoms with Crippen LogP contribution >= 0.6 is 15.9 Å². The van der Waals surface area contributed by atoms with E-state index in [0.29, 0.717) is 29.9 Å². The summed E-state index contributed by atoms with van der Waals surface area (Å²) in [6.45, 7) is 11.2. The van der Waals surface area contributed by atoms with Crippen LogP contribution in [0.3, 0.4) is 0 Å². The van der Waals surface area contributed by atoms with Crippen molar-refractivity contribution in [1.29, 1.82) is 0 Å². The van der Waals surface area contributed by atoms with Gasteiger partial charge in [-0.15, -0.1) is 0 Å². The number of halogens is 1. The second-order valence-corrected chi connectivity index (χ2v) is 5.45. The van der Waals surface area contributed by atoms with Gasteiger partial charge in [0.15, 0.2) is 0 Å². The van der Waals surface area contributed by atoms with E-state index in [4.69, 9.17) is 4.74 Å². The number of aromatic nitrogens is 2. The monoisotopic (exact) mass is 329 g/mol. The molecule has 0 atom stereocenters. The largest absolute Gasteiger partial charge is 0.380 e. The first-order chi connectivity index (χ1) is 8.93. The van der Waals surface area contributed by atoms with Gasteiger partial charge in [-0.25, -0.2) is 4.68 Å². The second-order valence-electron chi connectivity index (χ2n) is 4.65. The molecule has 0 aliphatic carbocycles. The first-order valence-corrected chi connectivity index (χ1v) is 6.96. The molecule has 0 saturated heterocycles. The first kappa shape index (κ1) is 15.9. The number of rotatable bonds is 7. The van der Waals surface area contributed by atoms with E-state index in [0.717, 1.165) is 5.57 Å². The molecule has 106 valence electrons. The summed E-state index contributed by atoms with van der Waals surface area (Å²) in [5, 5.41) is 7.24. The summed E-state index contributed by atoms with van der Waals surface area (Å²) >= 11 is 3.30. The molecule has 1 N–H and O–H groups in total. The number of ether oxygens (including phenoxy) is 1. The highest BCUT2D eigenvalue weighted by Crippen LogP contribution is 2.16. The van der Waals surface area contributed by atoms with Gasteiger partial charge in [-0.1, -0.05) is 12.2 Å². The molecule has 1 aromatic rings. The van der Waals surface area contributed by atoms with Gasteiger partial charge in [0, 0.05) is 6.54 Å². The Morgan fingerprint density at radius 2 is 2.32 bits per heavy atom. The third-order valence-corrected chi connectivity index (χ3v) is 3.11. The Morgan fingerprint density at radius 1 is 1.63 bits per heavy atom. The van der Waals surface area contributed by atoms with Crippen LogP contribution in [0.1, 0.15) is 26.8 Å². The summed E-state index contributed by atoms with van der Waals surface area (Å²) in [7, 11) is 0. The molecule has 0 aromatic carbocycles. The molecular weight excluding hydrogens is 310 g/mol. The van der Waals surface area contributed by atoms with Crippen LogP contribution in [0, 0.1) is 0 Å². The summed E-state index contributed by atoms with van der Waals surface area (Å²) in [6.07, 6.45) is 1.64. The Kier molecular flexibility index (Phi) is 6.24. The molecule has 0 spiro atoms. The number of hydrogen-bond acceptors (Lipinski definition) is 4. The normalized spacial score (nSPS) is 10.8. The molecule has 0 saturated carbocycles. The SMILES string of the molecule is C=C(C)COCCNc1cnn(C(C)C)c(=O)c1Br. The molecule has 19 heavy (non-hydrogen) atoms. The van der Waals surface area contributed by atoms with E-state index in [-0.39, 0.29) is 11.6 Å². The zero-order chi connectivity index (χ0) is 14.4. The van der Waals surface area contributed by atoms with Gasteiger partial charge in [-0.2, -0.15) is 5.10 Å². The Bertz CT molecular complexity index is 497. The molecule has 0 amide bonds. The van der Waals surface area contributed by atoms with Crippen LogP contribution in [0.5, 0.6) is 0 Å². The molecule has 1 aromatic heterocycles. The van der Waals surface area contributed by atoms with E-state index in [2.05, 4.69) is 32.9 Å². The quantitative estimate of drug-likeness (QED) is 0.617. The maximum absolute atomic E-state index is 12.0. The lowest BCUT2D eigenvalue weighted by atomic mass is 10.4. The fraction of sp³-hybridized carbons (Fsp3) is 0.538. The summed E-state index contributed by atoms with van der Waals surface area (Å²) in [6, 6.07) is 0.0387. The van der Waals surface area contributed by atoms with Crippen LogP contribution in [0.25, 0.3) is 0 Å². The van der Waals surface area contributed by atoms with E-state index in [1.807, 2.05) is 20.8 Å². The second kappa shape index (κ2) is 7.45. The molecule has 0 aliphatic rings. The highest BCUT2D eigenvalue weighted by atomic mass is 79.9. The van der Waals surface area contributed by atoms with Crippen LogP contribution in [-0.2, 0) is 4.74 Å². The van der Waals surface area contributed by atoms with Gasteiger partial charge in [0.1, 0.15) is 4.47 Å². The summed E-state index contributed by atoms with van der Waals surface area (Å²) < 4.78 is 7.30. The minimum Gasteiger partial charge on any atom is -0.380 e. The van der Waals surface area contributed by atoms with E-state index >= 15 is 0 Å². The fourth-order valence-electron chi connectivity index (χ4n) is 1.44. The maximum Gasteiger partial charge on any atom is 0.283 e. The average molecular weight is 330 g/mol. The molecule has 0 radical (unpaired) electrons. The molecule has 0 unspecified atom stereocenters. The van der Waals surface area contributed by atoms with Crippen LogP contribution < -0.4 is 10.9 Å². The van der Waals surface area contributed by atoms with Crippen molar-refractivity contribution in [3.63, 3.8) is 0 Å². The van der Waals surface area contributed by atoms with Gasteiger partial charge in [-0.05, 0) is 36.7 Å². The predicted octanol–water partition coefficient (Wildman–Crippen LogP) is 2.59. The lowest BCUT2D eigenvalue weighted by Crippen LogP contribution is -2.26. The number of anilines is 1. The van der Waals surface area contributed by atoms with Crippen molar-refractivity contribution in [3.05, 3.63) is 33.2 Å². The minimum atomic E-state index is -0.136. The molecule has 1 heterocycles. The van der Waals surface area contributed by atoms with Crippen molar-refractivity contribution in [1.82, 2.24) is 9.78 Å².